The molecule has 0 amide bonds. The smallest absolute Gasteiger partial charge is 0.323 e. The van der Waals surface area contributed by atoms with Gasteiger partial charge in [0.15, 0.2) is 5.78 Å². The number of ether oxygens (including phenoxy) is 1. The first-order valence-electron chi connectivity index (χ1n) is 6.88. The van der Waals surface area contributed by atoms with Crippen molar-refractivity contribution in [3.05, 3.63) is 29.8 Å². The lowest BCUT2D eigenvalue weighted by Gasteiger charge is -2.18. The van der Waals surface area contributed by atoms with Gasteiger partial charge in [-0.1, -0.05) is 26.0 Å². The maximum absolute atomic E-state index is 12.3. The van der Waals surface area contributed by atoms with E-state index in [4.69, 9.17) is 0 Å². The minimum absolute atomic E-state index is 0.00448. The molecule has 1 aromatic carbocycles. The van der Waals surface area contributed by atoms with Gasteiger partial charge in [-0.2, -0.15) is 4.72 Å². The summed E-state index contributed by atoms with van der Waals surface area (Å²) in [6.45, 7) is 5.16. The summed E-state index contributed by atoms with van der Waals surface area (Å²) in [6.07, 6.45) is 0.331. The van der Waals surface area contributed by atoms with Crippen LogP contribution >= 0.6 is 0 Å². The van der Waals surface area contributed by atoms with Gasteiger partial charge in [0.25, 0.3) is 0 Å². The monoisotopic (exact) mass is 327 g/mol. The minimum atomic E-state index is -3.86. The van der Waals surface area contributed by atoms with Crippen molar-refractivity contribution in [2.24, 2.45) is 5.92 Å². The molecule has 0 aromatic heterocycles. The Labute approximate surface area is 130 Å². The molecule has 1 aromatic rings. The van der Waals surface area contributed by atoms with Crippen molar-refractivity contribution in [2.75, 3.05) is 7.11 Å². The van der Waals surface area contributed by atoms with Gasteiger partial charge in [0.1, 0.15) is 6.04 Å². The summed E-state index contributed by atoms with van der Waals surface area (Å²) in [4.78, 5) is 22.9. The summed E-state index contributed by atoms with van der Waals surface area (Å²) in [5.74, 6) is -0.659. The molecule has 0 bridgehead atoms. The van der Waals surface area contributed by atoms with Crippen LogP contribution in [0.1, 0.15) is 37.6 Å². The molecule has 122 valence electrons. The van der Waals surface area contributed by atoms with Crippen molar-refractivity contribution >= 4 is 21.8 Å². The number of ketones is 1. The second-order valence-corrected chi connectivity index (χ2v) is 7.12. The van der Waals surface area contributed by atoms with Crippen LogP contribution in [0, 0.1) is 5.92 Å². The molecule has 0 saturated heterocycles. The third-order valence-corrected chi connectivity index (χ3v) is 4.55. The summed E-state index contributed by atoms with van der Waals surface area (Å²) in [5.41, 5.74) is 0.422. The second kappa shape index (κ2) is 7.51. The number of esters is 1. The van der Waals surface area contributed by atoms with Crippen LogP contribution in [-0.4, -0.2) is 33.3 Å². The summed E-state index contributed by atoms with van der Waals surface area (Å²) in [6, 6.07) is 4.60. The third kappa shape index (κ3) is 4.92. The third-order valence-electron chi connectivity index (χ3n) is 3.06. The maximum Gasteiger partial charge on any atom is 0.323 e. The van der Waals surface area contributed by atoms with Crippen molar-refractivity contribution in [3.8, 4) is 0 Å². The fourth-order valence-corrected chi connectivity index (χ4v) is 3.13. The van der Waals surface area contributed by atoms with E-state index in [-0.39, 0.29) is 16.6 Å². The van der Waals surface area contributed by atoms with E-state index in [1.165, 1.54) is 38.3 Å². The molecule has 22 heavy (non-hydrogen) atoms. The SMILES string of the molecule is COC(=O)[C@@H](CC(C)C)NS(=O)(=O)c1ccc(C(C)=O)cc1. The molecule has 7 heteroatoms. The highest BCUT2D eigenvalue weighted by Crippen LogP contribution is 2.14. The Morgan fingerprint density at radius 2 is 1.73 bits per heavy atom. The summed E-state index contributed by atoms with van der Waals surface area (Å²) < 4.78 is 31.6. The van der Waals surface area contributed by atoms with Gasteiger partial charge in [0.2, 0.25) is 10.0 Å². The maximum atomic E-state index is 12.3. The first kappa shape index (κ1) is 18.3. The van der Waals surface area contributed by atoms with E-state index in [1.54, 1.807) is 0 Å². The molecule has 0 aliphatic carbocycles. The molecule has 0 saturated carbocycles. The van der Waals surface area contributed by atoms with Crippen molar-refractivity contribution < 1.29 is 22.7 Å². The van der Waals surface area contributed by atoms with Gasteiger partial charge in [-0.05, 0) is 31.4 Å². The van der Waals surface area contributed by atoms with E-state index < -0.39 is 22.0 Å². The highest BCUT2D eigenvalue weighted by molar-refractivity contribution is 7.89. The van der Waals surface area contributed by atoms with Gasteiger partial charge >= 0.3 is 5.97 Å². The summed E-state index contributed by atoms with van der Waals surface area (Å²) in [5, 5.41) is 0. The van der Waals surface area contributed by atoms with Gasteiger partial charge in [0, 0.05) is 5.56 Å². The highest BCUT2D eigenvalue weighted by Gasteiger charge is 2.27. The minimum Gasteiger partial charge on any atom is -0.468 e. The molecule has 0 heterocycles. The molecule has 1 N–H and O–H groups in total. The molecule has 1 rings (SSSR count). The molecule has 0 radical (unpaired) electrons. The van der Waals surface area contributed by atoms with Crippen molar-refractivity contribution in [2.45, 2.75) is 38.1 Å². The Hall–Kier alpha value is -1.73. The zero-order valence-electron chi connectivity index (χ0n) is 13.1. The van der Waals surface area contributed by atoms with E-state index in [2.05, 4.69) is 9.46 Å². The molecular formula is C15H21NO5S. The number of hydrogen-bond acceptors (Lipinski definition) is 5. The van der Waals surface area contributed by atoms with E-state index in [1.807, 2.05) is 13.8 Å². The number of methoxy groups -OCH3 is 1. The number of carbonyl (C=O) groups excluding carboxylic acids is 2. The number of nitrogens with one attached hydrogen (secondary N) is 1. The van der Waals surface area contributed by atoms with Crippen molar-refractivity contribution in [1.29, 1.82) is 0 Å². The fourth-order valence-electron chi connectivity index (χ4n) is 1.93. The van der Waals surface area contributed by atoms with Crippen LogP contribution in [0.15, 0.2) is 29.2 Å². The van der Waals surface area contributed by atoms with Gasteiger partial charge in [-0.15, -0.1) is 0 Å². The van der Waals surface area contributed by atoms with Gasteiger partial charge in [-0.3, -0.25) is 9.59 Å². The molecule has 0 aliphatic rings. The molecule has 0 spiro atoms. The average Bonchev–Trinajstić information content (AvgIpc) is 2.45. The van der Waals surface area contributed by atoms with Crippen LogP contribution in [-0.2, 0) is 19.6 Å². The van der Waals surface area contributed by atoms with Gasteiger partial charge in [0.05, 0.1) is 12.0 Å². The van der Waals surface area contributed by atoms with Crippen molar-refractivity contribution in [3.63, 3.8) is 0 Å². The predicted octanol–water partition coefficient (Wildman–Crippen LogP) is 1.76. The molecule has 6 nitrogen and oxygen atoms in total. The lowest BCUT2D eigenvalue weighted by molar-refractivity contribution is -0.143. The predicted molar refractivity (Wildman–Crippen MR) is 82.0 cm³/mol. The molecular weight excluding hydrogens is 306 g/mol. The second-order valence-electron chi connectivity index (χ2n) is 5.41. The van der Waals surface area contributed by atoms with Crippen LogP contribution < -0.4 is 4.72 Å². The lowest BCUT2D eigenvalue weighted by atomic mass is 10.1. The Bertz CT molecular complexity index is 634. The molecule has 0 unspecified atom stereocenters. The van der Waals surface area contributed by atoms with Crippen LogP contribution in [0.25, 0.3) is 0 Å². The zero-order valence-corrected chi connectivity index (χ0v) is 13.9. The van der Waals surface area contributed by atoms with E-state index >= 15 is 0 Å². The van der Waals surface area contributed by atoms with E-state index in [0.29, 0.717) is 12.0 Å². The standard InChI is InChI=1S/C15H21NO5S/c1-10(2)9-14(15(18)21-4)16-22(19,20)13-7-5-12(6-8-13)11(3)17/h5-8,10,14,16H,9H2,1-4H3/t14-/m1/s1. The van der Waals surface area contributed by atoms with Crippen LogP contribution in [0.3, 0.4) is 0 Å². The van der Waals surface area contributed by atoms with Crippen molar-refractivity contribution in [1.82, 2.24) is 4.72 Å². The first-order valence-corrected chi connectivity index (χ1v) is 8.37. The van der Waals surface area contributed by atoms with Gasteiger partial charge < -0.3 is 4.74 Å². The van der Waals surface area contributed by atoms with Crippen LogP contribution in [0.2, 0.25) is 0 Å². The number of benzene rings is 1. The quantitative estimate of drug-likeness (QED) is 0.609. The normalized spacial score (nSPS) is 13.0. The van der Waals surface area contributed by atoms with E-state index in [9.17, 15) is 18.0 Å². The molecule has 0 fully saturated rings. The first-order chi connectivity index (χ1) is 10.2. The number of hydrogen-bond donors (Lipinski definition) is 1. The topological polar surface area (TPSA) is 89.5 Å². The Morgan fingerprint density at radius 1 is 1.18 bits per heavy atom. The van der Waals surface area contributed by atoms with Crippen LogP contribution in [0.4, 0.5) is 0 Å². The largest absolute Gasteiger partial charge is 0.468 e. The number of sulfonamides is 1. The number of carbonyl (C=O) groups is 2. The van der Waals surface area contributed by atoms with Crippen LogP contribution in [0.5, 0.6) is 0 Å². The Kier molecular flexibility index (Phi) is 6.25. The Balaban J connectivity index is 3.01. The van der Waals surface area contributed by atoms with E-state index in [0.717, 1.165) is 0 Å². The zero-order chi connectivity index (χ0) is 16.9. The summed E-state index contributed by atoms with van der Waals surface area (Å²) >= 11 is 0. The molecule has 1 atom stereocenters. The Morgan fingerprint density at radius 3 is 2.14 bits per heavy atom. The number of Topliss-reactive ketones (excluding diaryl/α,β-unsaturated/α-hetero) is 1. The number of rotatable bonds is 7. The lowest BCUT2D eigenvalue weighted by Crippen LogP contribution is -2.42. The summed E-state index contributed by atoms with van der Waals surface area (Å²) in [7, 11) is -2.65. The van der Waals surface area contributed by atoms with Gasteiger partial charge in [-0.25, -0.2) is 8.42 Å². The average molecular weight is 327 g/mol. The highest BCUT2D eigenvalue weighted by atomic mass is 32.2. The fraction of sp³-hybridized carbons (Fsp3) is 0.467. The molecule has 0 aliphatic heterocycles.